The van der Waals surface area contributed by atoms with Crippen LogP contribution in [0.2, 0.25) is 0 Å². The average molecular weight is 280 g/mol. The van der Waals surface area contributed by atoms with Gasteiger partial charge in [-0.3, -0.25) is 24.1 Å². The molecule has 3 amide bonds. The second-order valence-corrected chi connectivity index (χ2v) is 4.95. The molecule has 0 radical (unpaired) electrons. The lowest BCUT2D eigenvalue weighted by Gasteiger charge is -2.15. The van der Waals surface area contributed by atoms with Crippen LogP contribution in [0.5, 0.6) is 0 Å². The van der Waals surface area contributed by atoms with Crippen LogP contribution in [0.15, 0.2) is 12.2 Å². The zero-order valence-corrected chi connectivity index (χ0v) is 11.1. The first-order chi connectivity index (χ1) is 9.41. The molecule has 3 atom stereocenters. The van der Waals surface area contributed by atoms with Crippen LogP contribution in [0.4, 0.5) is 0 Å². The quantitative estimate of drug-likeness (QED) is 0.418. The first-order valence-corrected chi connectivity index (χ1v) is 6.41. The highest BCUT2D eigenvalue weighted by Gasteiger charge is 2.47. The van der Waals surface area contributed by atoms with E-state index in [1.807, 2.05) is 12.2 Å². The number of hydrogen-bond donors (Lipinski definition) is 1. The van der Waals surface area contributed by atoms with E-state index < -0.39 is 24.5 Å². The number of esters is 1. The number of hydrogen-bond acceptors (Lipinski definition) is 5. The molecule has 2 rings (SSSR count). The van der Waals surface area contributed by atoms with Gasteiger partial charge in [-0.25, -0.2) is 0 Å². The highest BCUT2D eigenvalue weighted by Crippen LogP contribution is 2.34. The van der Waals surface area contributed by atoms with Crippen LogP contribution in [0.1, 0.15) is 19.8 Å². The summed E-state index contributed by atoms with van der Waals surface area (Å²) in [6.07, 6.45) is 3.67. The van der Waals surface area contributed by atoms with Crippen LogP contribution >= 0.6 is 0 Å². The zero-order valence-electron chi connectivity index (χ0n) is 11.1. The first-order valence-electron chi connectivity index (χ1n) is 6.41. The molecule has 2 aliphatic rings. The number of nitrogens with zero attached hydrogens (tertiary/aromatic N) is 1. The van der Waals surface area contributed by atoms with E-state index >= 15 is 0 Å². The highest BCUT2D eigenvalue weighted by atomic mass is 16.5. The van der Waals surface area contributed by atoms with E-state index in [4.69, 9.17) is 10.5 Å². The van der Waals surface area contributed by atoms with Crippen molar-refractivity contribution >= 4 is 23.7 Å². The Kier molecular flexibility index (Phi) is 3.87. The largest absolute Gasteiger partial charge is 0.451 e. The van der Waals surface area contributed by atoms with E-state index in [2.05, 4.69) is 0 Å². The fourth-order valence-corrected chi connectivity index (χ4v) is 2.45. The van der Waals surface area contributed by atoms with E-state index in [1.165, 1.54) is 6.92 Å². The molecular weight excluding hydrogens is 264 g/mol. The lowest BCUT2D eigenvalue weighted by Crippen LogP contribution is -2.39. The van der Waals surface area contributed by atoms with E-state index in [0.717, 1.165) is 4.90 Å². The second kappa shape index (κ2) is 5.44. The van der Waals surface area contributed by atoms with E-state index in [9.17, 15) is 19.2 Å². The minimum absolute atomic E-state index is 0.354. The molecular formula is C13H16N2O5. The van der Waals surface area contributed by atoms with Gasteiger partial charge in [-0.05, 0) is 19.8 Å². The van der Waals surface area contributed by atoms with Gasteiger partial charge in [0.25, 0.3) is 5.91 Å². The van der Waals surface area contributed by atoms with Crippen LogP contribution < -0.4 is 5.73 Å². The lowest BCUT2D eigenvalue weighted by molar-refractivity contribution is -0.158. The van der Waals surface area contributed by atoms with Gasteiger partial charge in [-0.1, -0.05) is 12.2 Å². The van der Waals surface area contributed by atoms with Crippen LogP contribution in [0.25, 0.3) is 0 Å². The predicted octanol–water partition coefficient (Wildman–Crippen LogP) is -0.645. The van der Waals surface area contributed by atoms with Crippen molar-refractivity contribution in [1.29, 1.82) is 0 Å². The summed E-state index contributed by atoms with van der Waals surface area (Å²) in [6.45, 7) is 0.861. The van der Waals surface area contributed by atoms with E-state index in [-0.39, 0.29) is 23.7 Å². The monoisotopic (exact) mass is 280 g/mol. The molecule has 0 spiro atoms. The number of fused-ring (bicyclic) bond motifs is 1. The molecule has 7 nitrogen and oxygen atoms in total. The molecule has 1 heterocycles. The van der Waals surface area contributed by atoms with Crippen molar-refractivity contribution in [3.8, 4) is 0 Å². The van der Waals surface area contributed by atoms with Gasteiger partial charge >= 0.3 is 5.97 Å². The number of carbonyl (C=O) groups excluding carboxylic acids is 4. The number of carbonyl (C=O) groups is 4. The summed E-state index contributed by atoms with van der Waals surface area (Å²) in [5.74, 6) is -3.07. The third-order valence-electron chi connectivity index (χ3n) is 3.59. The number of nitrogens with two attached hydrogens (primary N) is 1. The summed E-state index contributed by atoms with van der Waals surface area (Å²) in [5, 5.41) is 0. The topological polar surface area (TPSA) is 107 Å². The SMILES string of the molecule is C[C@H](OC(=O)CN1C(=O)[C@H]2CC=CC[C@H]2C1=O)C(N)=O. The highest BCUT2D eigenvalue weighted by molar-refractivity contribution is 6.07. The third kappa shape index (κ3) is 2.56. The Morgan fingerprint density at radius 2 is 1.80 bits per heavy atom. The molecule has 20 heavy (non-hydrogen) atoms. The minimum atomic E-state index is -1.08. The van der Waals surface area contributed by atoms with E-state index in [0.29, 0.717) is 12.8 Å². The molecule has 7 heteroatoms. The number of likely N-dealkylation sites (tertiary alicyclic amines) is 1. The molecule has 2 N–H and O–H groups in total. The Morgan fingerprint density at radius 3 is 2.25 bits per heavy atom. The van der Waals surface area contributed by atoms with Gasteiger partial charge in [0, 0.05) is 0 Å². The molecule has 0 aromatic rings. The van der Waals surface area contributed by atoms with Gasteiger partial charge in [0.05, 0.1) is 11.8 Å². The van der Waals surface area contributed by atoms with Crippen molar-refractivity contribution in [1.82, 2.24) is 4.90 Å². The maximum Gasteiger partial charge on any atom is 0.326 e. The maximum absolute atomic E-state index is 12.1. The van der Waals surface area contributed by atoms with Crippen molar-refractivity contribution in [2.24, 2.45) is 17.6 Å². The van der Waals surface area contributed by atoms with Crippen LogP contribution in [0.3, 0.4) is 0 Å². The van der Waals surface area contributed by atoms with Gasteiger partial charge in [-0.2, -0.15) is 0 Å². The summed E-state index contributed by atoms with van der Waals surface area (Å²) >= 11 is 0. The van der Waals surface area contributed by atoms with Gasteiger partial charge in [-0.15, -0.1) is 0 Å². The molecule has 1 aliphatic heterocycles. The number of primary amides is 1. The van der Waals surface area contributed by atoms with Crippen molar-refractivity contribution in [2.45, 2.75) is 25.9 Å². The number of imide groups is 1. The first kappa shape index (κ1) is 14.2. The molecule has 1 fully saturated rings. The average Bonchev–Trinajstić information content (AvgIpc) is 2.64. The van der Waals surface area contributed by atoms with Crippen molar-refractivity contribution < 1.29 is 23.9 Å². The molecule has 0 bridgehead atoms. The van der Waals surface area contributed by atoms with Crippen LogP contribution in [0, 0.1) is 11.8 Å². The van der Waals surface area contributed by atoms with Gasteiger partial charge in [0.15, 0.2) is 6.10 Å². The number of rotatable bonds is 4. The normalized spacial score (nSPS) is 26.4. The van der Waals surface area contributed by atoms with Crippen molar-refractivity contribution in [3.63, 3.8) is 0 Å². The number of allylic oxidation sites excluding steroid dienone is 2. The molecule has 0 saturated carbocycles. The Balaban J connectivity index is 2.00. The van der Waals surface area contributed by atoms with E-state index in [1.54, 1.807) is 0 Å². The summed E-state index contributed by atoms with van der Waals surface area (Å²) in [4.78, 5) is 47.5. The lowest BCUT2D eigenvalue weighted by atomic mass is 9.85. The fraction of sp³-hybridized carbons (Fsp3) is 0.538. The summed E-state index contributed by atoms with van der Waals surface area (Å²) in [5.41, 5.74) is 4.97. The van der Waals surface area contributed by atoms with Gasteiger partial charge in [0.2, 0.25) is 11.8 Å². The molecule has 0 aromatic carbocycles. The fourth-order valence-electron chi connectivity index (χ4n) is 2.45. The Hall–Kier alpha value is -2.18. The molecule has 1 saturated heterocycles. The smallest absolute Gasteiger partial charge is 0.326 e. The van der Waals surface area contributed by atoms with Gasteiger partial charge < -0.3 is 10.5 Å². The second-order valence-electron chi connectivity index (χ2n) is 4.95. The van der Waals surface area contributed by atoms with Crippen molar-refractivity contribution in [2.75, 3.05) is 6.54 Å². The minimum Gasteiger partial charge on any atom is -0.451 e. The standard InChI is InChI=1S/C13H16N2O5/c1-7(11(14)17)20-10(16)6-15-12(18)8-4-2-3-5-9(8)13(15)19/h2-3,7-9H,4-6H2,1H3,(H2,14,17)/t7-,8-,9+/m0/s1. The Labute approximate surface area is 115 Å². The number of amides is 3. The predicted molar refractivity (Wildman–Crippen MR) is 66.8 cm³/mol. The Morgan fingerprint density at radius 1 is 1.30 bits per heavy atom. The molecule has 1 aliphatic carbocycles. The zero-order chi connectivity index (χ0) is 14.9. The molecule has 108 valence electrons. The summed E-state index contributed by atoms with van der Waals surface area (Å²) in [7, 11) is 0. The maximum atomic E-state index is 12.1. The summed E-state index contributed by atoms with van der Waals surface area (Å²) < 4.78 is 4.75. The van der Waals surface area contributed by atoms with Crippen molar-refractivity contribution in [3.05, 3.63) is 12.2 Å². The van der Waals surface area contributed by atoms with Crippen LogP contribution in [-0.2, 0) is 23.9 Å². The summed E-state index contributed by atoms with van der Waals surface area (Å²) in [6, 6.07) is 0. The Bertz CT molecular complexity index is 473. The molecule has 0 unspecified atom stereocenters. The van der Waals surface area contributed by atoms with Gasteiger partial charge in [0.1, 0.15) is 6.54 Å². The molecule has 0 aromatic heterocycles. The third-order valence-corrected chi connectivity index (χ3v) is 3.59. The number of ether oxygens (including phenoxy) is 1. The van der Waals surface area contributed by atoms with Crippen LogP contribution in [-0.4, -0.2) is 41.2 Å².